The van der Waals surface area contributed by atoms with Gasteiger partial charge in [-0.3, -0.25) is 0 Å². The minimum atomic E-state index is -0.563. The topological polar surface area (TPSA) is 55.5 Å². The first kappa shape index (κ1) is 16.8. The number of benzene rings is 2. The minimum Gasteiger partial charge on any atom is -0.494 e. The van der Waals surface area contributed by atoms with Crippen molar-refractivity contribution in [3.8, 4) is 5.75 Å². The Morgan fingerprint density at radius 3 is 2.50 bits per heavy atom. The maximum absolute atomic E-state index is 10.5. The van der Waals surface area contributed by atoms with E-state index in [9.17, 15) is 5.11 Å². The average molecular weight is 301 g/mol. The number of ether oxygens (including phenoxy) is 1. The van der Waals surface area contributed by atoms with Crippen LogP contribution in [0.1, 0.15) is 45.2 Å². The maximum Gasteiger partial charge on any atom is 0.124 e. The van der Waals surface area contributed by atoms with E-state index in [0.717, 1.165) is 28.5 Å². The molecule has 22 heavy (non-hydrogen) atoms. The molecule has 0 aromatic heterocycles. The molecule has 0 radical (unpaired) electrons. The maximum atomic E-state index is 10.5. The zero-order valence-corrected chi connectivity index (χ0v) is 13.8. The summed E-state index contributed by atoms with van der Waals surface area (Å²) in [6, 6.07) is 11.7. The zero-order valence-electron chi connectivity index (χ0n) is 13.8. The van der Waals surface area contributed by atoms with E-state index in [1.807, 2.05) is 37.3 Å². The largest absolute Gasteiger partial charge is 0.494 e. The lowest BCUT2D eigenvalue weighted by atomic mass is 9.91. The smallest absolute Gasteiger partial charge is 0.124 e. The van der Waals surface area contributed by atoms with Gasteiger partial charge in [-0.1, -0.05) is 44.2 Å². The van der Waals surface area contributed by atoms with Crippen molar-refractivity contribution in [3.05, 3.63) is 42.0 Å². The first-order valence-corrected chi connectivity index (χ1v) is 8.12. The average Bonchev–Trinajstić information content (AvgIpc) is 2.52. The van der Waals surface area contributed by atoms with Crippen molar-refractivity contribution in [2.24, 2.45) is 11.7 Å². The van der Waals surface area contributed by atoms with Crippen LogP contribution in [-0.2, 0) is 0 Å². The van der Waals surface area contributed by atoms with Crippen LogP contribution >= 0.6 is 0 Å². The fraction of sp³-hybridized carbons (Fsp3) is 0.474. The second-order valence-corrected chi connectivity index (χ2v) is 6.20. The molecule has 0 spiro atoms. The van der Waals surface area contributed by atoms with E-state index >= 15 is 0 Å². The second kappa shape index (κ2) is 7.61. The van der Waals surface area contributed by atoms with Crippen LogP contribution in [0, 0.1) is 5.92 Å². The van der Waals surface area contributed by atoms with Crippen LogP contribution in [0.3, 0.4) is 0 Å². The molecule has 0 aliphatic heterocycles. The molecular weight excluding hydrogens is 274 g/mol. The summed E-state index contributed by atoms with van der Waals surface area (Å²) in [5.41, 5.74) is 7.31. The minimum absolute atomic E-state index is 0.439. The normalized spacial score (nSPS) is 14.3. The highest BCUT2D eigenvalue weighted by Gasteiger charge is 2.23. The summed E-state index contributed by atoms with van der Waals surface area (Å²) >= 11 is 0. The molecule has 0 aliphatic rings. The number of rotatable bonds is 7. The van der Waals surface area contributed by atoms with E-state index in [1.54, 1.807) is 0 Å². The molecule has 2 atom stereocenters. The highest BCUT2D eigenvalue weighted by molar-refractivity contribution is 5.88. The van der Waals surface area contributed by atoms with Gasteiger partial charge in [0.15, 0.2) is 0 Å². The van der Waals surface area contributed by atoms with Gasteiger partial charge in [0.2, 0.25) is 0 Å². The Balaban J connectivity index is 2.39. The van der Waals surface area contributed by atoms with Gasteiger partial charge in [0, 0.05) is 5.56 Å². The van der Waals surface area contributed by atoms with E-state index in [2.05, 4.69) is 19.9 Å². The zero-order chi connectivity index (χ0) is 16.1. The molecule has 2 aromatic carbocycles. The van der Waals surface area contributed by atoms with Crippen molar-refractivity contribution in [2.45, 2.75) is 45.8 Å². The van der Waals surface area contributed by atoms with E-state index in [0.29, 0.717) is 18.9 Å². The van der Waals surface area contributed by atoms with Crippen molar-refractivity contribution in [1.29, 1.82) is 0 Å². The SMILES string of the molecule is CCOc1ccc2ccccc2c1[C@@H](N)[C@@H](O)CCC(C)C. The molecule has 0 unspecified atom stereocenters. The first-order chi connectivity index (χ1) is 10.5. The van der Waals surface area contributed by atoms with Gasteiger partial charge in [-0.15, -0.1) is 0 Å². The molecule has 0 amide bonds. The summed E-state index contributed by atoms with van der Waals surface area (Å²) in [5.74, 6) is 1.33. The fourth-order valence-electron chi connectivity index (χ4n) is 2.78. The van der Waals surface area contributed by atoms with Gasteiger partial charge in [-0.05, 0) is 42.5 Å². The predicted molar refractivity (Wildman–Crippen MR) is 92.1 cm³/mol. The third-order valence-electron chi connectivity index (χ3n) is 4.02. The fourth-order valence-corrected chi connectivity index (χ4v) is 2.78. The van der Waals surface area contributed by atoms with Crippen LogP contribution in [0.4, 0.5) is 0 Å². The Morgan fingerprint density at radius 2 is 1.82 bits per heavy atom. The summed E-state index contributed by atoms with van der Waals surface area (Å²) in [4.78, 5) is 0. The molecule has 3 N–H and O–H groups in total. The van der Waals surface area contributed by atoms with Gasteiger partial charge >= 0.3 is 0 Å². The van der Waals surface area contributed by atoms with Crippen LogP contribution in [-0.4, -0.2) is 17.8 Å². The van der Waals surface area contributed by atoms with Gasteiger partial charge < -0.3 is 15.6 Å². The number of fused-ring (bicyclic) bond motifs is 1. The van der Waals surface area contributed by atoms with E-state index in [-0.39, 0.29) is 0 Å². The monoisotopic (exact) mass is 301 g/mol. The molecule has 0 saturated carbocycles. The second-order valence-electron chi connectivity index (χ2n) is 6.20. The van der Waals surface area contributed by atoms with E-state index in [4.69, 9.17) is 10.5 Å². The molecule has 2 aromatic rings. The van der Waals surface area contributed by atoms with Crippen LogP contribution in [0.15, 0.2) is 36.4 Å². The summed E-state index contributed by atoms with van der Waals surface area (Å²) in [7, 11) is 0. The lowest BCUT2D eigenvalue weighted by molar-refractivity contribution is 0.127. The molecule has 3 nitrogen and oxygen atoms in total. The molecular formula is C19H27NO2. The Kier molecular flexibility index (Phi) is 5.81. The number of hydrogen-bond donors (Lipinski definition) is 2. The van der Waals surface area contributed by atoms with Crippen molar-refractivity contribution in [2.75, 3.05) is 6.61 Å². The lowest BCUT2D eigenvalue weighted by Gasteiger charge is -2.24. The Hall–Kier alpha value is -1.58. The standard InChI is InChI=1S/C19H27NO2/c1-4-22-17-12-10-14-7-5-6-8-15(14)18(17)19(20)16(21)11-9-13(2)3/h5-8,10,12-13,16,19,21H,4,9,11,20H2,1-3H3/t16-,19-/m0/s1. The van der Waals surface area contributed by atoms with Crippen molar-refractivity contribution in [1.82, 2.24) is 0 Å². The first-order valence-electron chi connectivity index (χ1n) is 8.12. The van der Waals surface area contributed by atoms with E-state index < -0.39 is 12.1 Å². The molecule has 0 saturated heterocycles. The van der Waals surface area contributed by atoms with Gasteiger partial charge in [-0.2, -0.15) is 0 Å². The van der Waals surface area contributed by atoms with Crippen LogP contribution in [0.5, 0.6) is 5.75 Å². The number of aliphatic hydroxyl groups excluding tert-OH is 1. The summed E-state index contributed by atoms with van der Waals surface area (Å²) in [5, 5.41) is 12.7. The quantitative estimate of drug-likeness (QED) is 0.811. The number of nitrogens with two attached hydrogens (primary N) is 1. The van der Waals surface area contributed by atoms with Gasteiger partial charge in [0.25, 0.3) is 0 Å². The van der Waals surface area contributed by atoms with Crippen LogP contribution < -0.4 is 10.5 Å². The molecule has 0 fully saturated rings. The molecule has 3 heteroatoms. The summed E-state index contributed by atoms with van der Waals surface area (Å²) in [6.07, 6.45) is 1.10. The van der Waals surface area contributed by atoms with Gasteiger partial charge in [0.1, 0.15) is 5.75 Å². The molecule has 120 valence electrons. The summed E-state index contributed by atoms with van der Waals surface area (Å²) in [6.45, 7) is 6.85. The van der Waals surface area contributed by atoms with Crippen LogP contribution in [0.25, 0.3) is 10.8 Å². The predicted octanol–water partition coefficient (Wildman–Crippen LogP) is 4.04. The highest BCUT2D eigenvalue weighted by atomic mass is 16.5. The summed E-state index contributed by atoms with van der Waals surface area (Å²) < 4.78 is 5.75. The van der Waals surface area contributed by atoms with E-state index in [1.165, 1.54) is 0 Å². The highest BCUT2D eigenvalue weighted by Crippen LogP contribution is 2.34. The van der Waals surface area contributed by atoms with Gasteiger partial charge in [0.05, 0.1) is 18.8 Å². The Bertz CT molecular complexity index is 609. The molecule has 0 aliphatic carbocycles. The lowest BCUT2D eigenvalue weighted by Crippen LogP contribution is -2.27. The third kappa shape index (κ3) is 3.79. The van der Waals surface area contributed by atoms with Crippen LogP contribution in [0.2, 0.25) is 0 Å². The van der Waals surface area contributed by atoms with Crippen molar-refractivity contribution in [3.63, 3.8) is 0 Å². The van der Waals surface area contributed by atoms with Crippen molar-refractivity contribution < 1.29 is 9.84 Å². The van der Waals surface area contributed by atoms with Gasteiger partial charge in [-0.25, -0.2) is 0 Å². The number of hydrogen-bond acceptors (Lipinski definition) is 3. The molecule has 0 bridgehead atoms. The third-order valence-corrected chi connectivity index (χ3v) is 4.02. The molecule has 0 heterocycles. The number of aliphatic hydroxyl groups is 1. The Morgan fingerprint density at radius 1 is 1.09 bits per heavy atom. The van der Waals surface area contributed by atoms with Crippen molar-refractivity contribution >= 4 is 10.8 Å². The molecule has 2 rings (SSSR count). The Labute approximate surface area is 133 Å².